The number of methoxy groups -OCH3 is 1. The molecule has 6 heteroatoms. The second kappa shape index (κ2) is 7.07. The Balaban J connectivity index is 1.60. The predicted molar refractivity (Wildman–Crippen MR) is 105 cm³/mol. The maximum absolute atomic E-state index is 13.0. The molecule has 2 heterocycles. The lowest BCUT2D eigenvalue weighted by Crippen LogP contribution is -2.29. The second-order valence-corrected chi connectivity index (χ2v) is 6.43. The van der Waals surface area contributed by atoms with E-state index in [9.17, 15) is 4.79 Å². The molecule has 0 atom stereocenters. The van der Waals surface area contributed by atoms with Crippen LogP contribution < -0.4 is 15.0 Å². The number of fused-ring (bicyclic) bond motifs is 1. The zero-order valence-corrected chi connectivity index (χ0v) is 15.3. The number of rotatable bonds is 4. The van der Waals surface area contributed by atoms with E-state index in [1.165, 1.54) is 5.56 Å². The van der Waals surface area contributed by atoms with Gasteiger partial charge in [0.05, 0.1) is 12.8 Å². The molecule has 2 aromatic carbocycles. The molecule has 0 fully saturated rings. The van der Waals surface area contributed by atoms with Gasteiger partial charge in [-0.05, 0) is 48.7 Å². The minimum Gasteiger partial charge on any atom is -0.495 e. The van der Waals surface area contributed by atoms with Gasteiger partial charge >= 0.3 is 0 Å². The summed E-state index contributed by atoms with van der Waals surface area (Å²) in [6, 6.07) is 15.4. The van der Waals surface area contributed by atoms with Gasteiger partial charge in [0.1, 0.15) is 11.4 Å². The number of aromatic nitrogens is 2. The molecule has 0 saturated carbocycles. The summed E-state index contributed by atoms with van der Waals surface area (Å²) in [5, 5.41) is 3.15. The number of carbonyl (C=O) groups is 1. The molecule has 0 unspecified atom stereocenters. The molecule has 3 aromatic rings. The SMILES string of the molecule is COc1ccc(C)cc1Nc1nccc(C(=O)N2CCc3ccccc32)n1. The molecule has 1 aromatic heterocycles. The van der Waals surface area contributed by atoms with E-state index in [1.807, 2.05) is 43.3 Å². The molecule has 27 heavy (non-hydrogen) atoms. The maximum atomic E-state index is 13.0. The van der Waals surface area contributed by atoms with E-state index in [1.54, 1.807) is 24.3 Å². The Labute approximate surface area is 157 Å². The van der Waals surface area contributed by atoms with Crippen molar-refractivity contribution in [3.8, 4) is 5.75 Å². The predicted octanol–water partition coefficient (Wildman–Crippen LogP) is 3.74. The van der Waals surface area contributed by atoms with Crippen molar-refractivity contribution in [3.05, 3.63) is 71.5 Å². The molecular weight excluding hydrogens is 340 g/mol. The minimum atomic E-state index is -0.124. The van der Waals surface area contributed by atoms with Crippen molar-refractivity contribution < 1.29 is 9.53 Å². The van der Waals surface area contributed by atoms with Crippen molar-refractivity contribution in [2.24, 2.45) is 0 Å². The van der Waals surface area contributed by atoms with E-state index in [2.05, 4.69) is 21.4 Å². The van der Waals surface area contributed by atoms with Gasteiger partial charge < -0.3 is 15.0 Å². The molecule has 0 bridgehead atoms. The number of hydrogen-bond donors (Lipinski definition) is 1. The fourth-order valence-corrected chi connectivity index (χ4v) is 3.27. The van der Waals surface area contributed by atoms with Gasteiger partial charge in [0.25, 0.3) is 5.91 Å². The first-order chi connectivity index (χ1) is 13.2. The van der Waals surface area contributed by atoms with E-state index >= 15 is 0 Å². The number of nitrogens with one attached hydrogen (secondary N) is 1. The Morgan fingerprint density at radius 2 is 2.04 bits per heavy atom. The highest BCUT2D eigenvalue weighted by Crippen LogP contribution is 2.29. The Bertz CT molecular complexity index is 1000. The molecule has 136 valence electrons. The van der Waals surface area contributed by atoms with Gasteiger partial charge in [0.15, 0.2) is 0 Å². The second-order valence-electron chi connectivity index (χ2n) is 6.43. The third-order valence-electron chi connectivity index (χ3n) is 4.61. The summed E-state index contributed by atoms with van der Waals surface area (Å²) < 4.78 is 5.38. The van der Waals surface area contributed by atoms with Crippen molar-refractivity contribution in [2.75, 3.05) is 23.9 Å². The number of aryl methyl sites for hydroxylation is 1. The van der Waals surface area contributed by atoms with E-state index < -0.39 is 0 Å². The summed E-state index contributed by atoms with van der Waals surface area (Å²) >= 11 is 0. The fourth-order valence-electron chi connectivity index (χ4n) is 3.27. The van der Waals surface area contributed by atoms with Crippen molar-refractivity contribution in [1.82, 2.24) is 9.97 Å². The lowest BCUT2D eigenvalue weighted by Gasteiger charge is -2.17. The first-order valence-corrected chi connectivity index (χ1v) is 8.80. The van der Waals surface area contributed by atoms with Gasteiger partial charge in [-0.25, -0.2) is 9.97 Å². The third-order valence-corrected chi connectivity index (χ3v) is 4.61. The molecule has 0 aliphatic carbocycles. The normalized spacial score (nSPS) is 12.6. The molecule has 0 radical (unpaired) electrons. The van der Waals surface area contributed by atoms with Gasteiger partial charge in [0, 0.05) is 18.4 Å². The average molecular weight is 360 g/mol. The fraction of sp³-hybridized carbons (Fsp3) is 0.190. The van der Waals surface area contributed by atoms with Crippen LogP contribution in [0.2, 0.25) is 0 Å². The highest BCUT2D eigenvalue weighted by molar-refractivity contribution is 6.06. The Morgan fingerprint density at radius 1 is 1.19 bits per heavy atom. The molecule has 0 saturated heterocycles. The Hall–Kier alpha value is -3.41. The highest BCUT2D eigenvalue weighted by Gasteiger charge is 2.26. The largest absolute Gasteiger partial charge is 0.495 e. The first kappa shape index (κ1) is 17.0. The van der Waals surface area contributed by atoms with Crippen molar-refractivity contribution in [1.29, 1.82) is 0 Å². The Kier molecular flexibility index (Phi) is 4.46. The standard InChI is InChI=1S/C21H20N4O2/c1-14-7-8-19(27-2)17(13-14)24-21-22-11-9-16(23-21)20(26)25-12-10-15-5-3-4-6-18(15)25/h3-9,11,13H,10,12H2,1-2H3,(H,22,23,24). The van der Waals surface area contributed by atoms with Gasteiger partial charge in [0.2, 0.25) is 5.95 Å². The number of nitrogens with zero attached hydrogens (tertiary/aromatic N) is 3. The van der Waals surface area contributed by atoms with Gasteiger partial charge in [-0.3, -0.25) is 4.79 Å². The average Bonchev–Trinajstić information content (AvgIpc) is 3.12. The van der Waals surface area contributed by atoms with E-state index in [-0.39, 0.29) is 5.91 Å². The number of anilines is 3. The van der Waals surface area contributed by atoms with Crippen LogP contribution in [-0.4, -0.2) is 29.5 Å². The van der Waals surface area contributed by atoms with Crippen LogP contribution in [0.15, 0.2) is 54.7 Å². The van der Waals surface area contributed by atoms with Crippen LogP contribution >= 0.6 is 0 Å². The van der Waals surface area contributed by atoms with E-state index in [4.69, 9.17) is 4.74 Å². The molecular formula is C21H20N4O2. The van der Waals surface area contributed by atoms with Crippen LogP contribution in [0.4, 0.5) is 17.3 Å². The smallest absolute Gasteiger partial charge is 0.277 e. The zero-order valence-electron chi connectivity index (χ0n) is 15.3. The zero-order chi connectivity index (χ0) is 18.8. The number of carbonyl (C=O) groups excluding carboxylic acids is 1. The van der Waals surface area contributed by atoms with Crippen molar-refractivity contribution >= 4 is 23.2 Å². The van der Waals surface area contributed by atoms with Crippen LogP contribution in [-0.2, 0) is 6.42 Å². The number of hydrogen-bond acceptors (Lipinski definition) is 5. The lowest BCUT2D eigenvalue weighted by molar-refractivity contribution is 0.0984. The molecule has 0 spiro atoms. The molecule has 1 aliphatic heterocycles. The van der Waals surface area contributed by atoms with Crippen molar-refractivity contribution in [2.45, 2.75) is 13.3 Å². The molecule has 1 aliphatic rings. The third kappa shape index (κ3) is 3.33. The number of benzene rings is 2. The van der Waals surface area contributed by atoms with Gasteiger partial charge in [-0.2, -0.15) is 0 Å². The molecule has 1 amide bonds. The van der Waals surface area contributed by atoms with Crippen molar-refractivity contribution in [3.63, 3.8) is 0 Å². The van der Waals surface area contributed by atoms with Crippen LogP contribution in [0, 0.1) is 6.92 Å². The van der Waals surface area contributed by atoms with Crippen LogP contribution in [0.25, 0.3) is 0 Å². The maximum Gasteiger partial charge on any atom is 0.277 e. The molecule has 6 nitrogen and oxygen atoms in total. The minimum absolute atomic E-state index is 0.124. The molecule has 4 rings (SSSR count). The van der Waals surface area contributed by atoms with Crippen LogP contribution in [0.1, 0.15) is 21.6 Å². The van der Waals surface area contributed by atoms with Gasteiger partial charge in [-0.15, -0.1) is 0 Å². The summed E-state index contributed by atoms with van der Waals surface area (Å²) in [6.45, 7) is 2.66. The summed E-state index contributed by atoms with van der Waals surface area (Å²) in [4.78, 5) is 23.4. The van der Waals surface area contributed by atoms with Crippen LogP contribution in [0.3, 0.4) is 0 Å². The van der Waals surface area contributed by atoms with Gasteiger partial charge in [-0.1, -0.05) is 24.3 Å². The quantitative estimate of drug-likeness (QED) is 0.768. The Morgan fingerprint density at radius 3 is 2.89 bits per heavy atom. The van der Waals surface area contributed by atoms with Crippen LogP contribution in [0.5, 0.6) is 5.75 Å². The number of para-hydroxylation sites is 1. The topological polar surface area (TPSA) is 67.3 Å². The monoisotopic (exact) mass is 360 g/mol. The summed E-state index contributed by atoms with van der Waals surface area (Å²) in [5.74, 6) is 0.924. The number of amides is 1. The van der Waals surface area contributed by atoms with E-state index in [0.717, 1.165) is 23.4 Å². The highest BCUT2D eigenvalue weighted by atomic mass is 16.5. The summed E-state index contributed by atoms with van der Waals surface area (Å²) in [7, 11) is 1.61. The number of ether oxygens (including phenoxy) is 1. The lowest BCUT2D eigenvalue weighted by atomic mass is 10.2. The first-order valence-electron chi connectivity index (χ1n) is 8.80. The summed E-state index contributed by atoms with van der Waals surface area (Å²) in [6.07, 6.45) is 2.45. The summed E-state index contributed by atoms with van der Waals surface area (Å²) in [5.41, 5.74) is 4.34. The van der Waals surface area contributed by atoms with E-state index in [0.29, 0.717) is 23.9 Å². The molecule has 1 N–H and O–H groups in total.